The summed E-state index contributed by atoms with van der Waals surface area (Å²) in [6.45, 7) is 0.649. The summed E-state index contributed by atoms with van der Waals surface area (Å²) in [5, 5.41) is 13.6. The first-order valence-corrected chi connectivity index (χ1v) is 18.8. The molecule has 16 heteroatoms. The predicted molar refractivity (Wildman–Crippen MR) is 208 cm³/mol. The van der Waals surface area contributed by atoms with Crippen molar-refractivity contribution in [1.82, 2.24) is 20.4 Å². The van der Waals surface area contributed by atoms with Crippen LogP contribution in [-0.2, 0) is 20.9 Å². The van der Waals surface area contributed by atoms with E-state index in [2.05, 4.69) is 26.6 Å². The van der Waals surface area contributed by atoms with Crippen LogP contribution in [0.5, 0.6) is 5.75 Å². The van der Waals surface area contributed by atoms with E-state index in [1.807, 2.05) is 17.0 Å². The standard InChI is InChI=1S/C42H37N7O9/c50-34-17-16-32(39(54)47-34)49-41(56)29-2-1-3-31(36(29)42(49)57)43-18-19-44-37(52)24-8-11-27(12-9-24)45-38(53)25-6-4-23(5-7-25)21-48(28-13-14-28)40(55)26-10-15-30-33(20-26)58-22-35(51)46-30/h1-12,15,20,28,32,43H,13-14,16-19,21-22H2,(H,44,52)(H,45,53)(H,46,51)(H,47,50,54). The number of carbonyl (C=O) groups excluding carboxylic acids is 8. The number of anilines is 3. The van der Waals surface area contributed by atoms with E-state index >= 15 is 0 Å². The van der Waals surface area contributed by atoms with E-state index in [9.17, 15) is 38.4 Å². The molecule has 1 saturated carbocycles. The van der Waals surface area contributed by atoms with E-state index in [1.165, 1.54) is 6.07 Å². The number of imide groups is 2. The smallest absolute Gasteiger partial charge is 0.264 e. The van der Waals surface area contributed by atoms with Crippen LogP contribution in [0.1, 0.15) is 83.0 Å². The Morgan fingerprint density at radius 1 is 0.759 bits per heavy atom. The molecule has 4 aliphatic rings. The molecule has 2 fully saturated rings. The van der Waals surface area contributed by atoms with Crippen molar-refractivity contribution in [2.75, 3.05) is 35.6 Å². The molecule has 1 unspecified atom stereocenters. The largest absolute Gasteiger partial charge is 0.482 e. The summed E-state index contributed by atoms with van der Waals surface area (Å²) in [6.07, 6.45) is 1.88. The van der Waals surface area contributed by atoms with Gasteiger partial charge in [-0.1, -0.05) is 18.2 Å². The lowest BCUT2D eigenvalue weighted by Crippen LogP contribution is -2.54. The van der Waals surface area contributed by atoms with Gasteiger partial charge < -0.3 is 30.9 Å². The normalized spacial score (nSPS) is 17.0. The van der Waals surface area contributed by atoms with Crippen LogP contribution in [0.3, 0.4) is 0 Å². The van der Waals surface area contributed by atoms with E-state index in [0.717, 1.165) is 23.3 Å². The molecule has 0 spiro atoms. The van der Waals surface area contributed by atoms with Crippen LogP contribution in [0.25, 0.3) is 0 Å². The highest BCUT2D eigenvalue weighted by molar-refractivity contribution is 6.25. The molecule has 294 valence electrons. The zero-order valence-corrected chi connectivity index (χ0v) is 31.0. The molecule has 58 heavy (non-hydrogen) atoms. The molecule has 8 rings (SSSR count). The number of nitrogens with one attached hydrogen (secondary N) is 5. The number of fused-ring (bicyclic) bond motifs is 2. The minimum Gasteiger partial charge on any atom is -0.482 e. The fourth-order valence-electron chi connectivity index (χ4n) is 7.13. The van der Waals surface area contributed by atoms with Crippen LogP contribution in [0.2, 0.25) is 0 Å². The molecule has 3 aliphatic heterocycles. The summed E-state index contributed by atoms with van der Waals surface area (Å²) < 4.78 is 5.49. The maximum Gasteiger partial charge on any atom is 0.264 e. The first-order valence-electron chi connectivity index (χ1n) is 18.8. The summed E-state index contributed by atoms with van der Waals surface area (Å²) in [6, 6.07) is 22.2. The maximum atomic E-state index is 13.5. The van der Waals surface area contributed by atoms with Crippen LogP contribution in [0, 0.1) is 0 Å². The quantitative estimate of drug-likeness (QED) is 0.105. The molecule has 0 radical (unpaired) electrons. The SMILES string of the molecule is O=C1CCC(N2C(=O)c3cccc(NCCNC(=O)c4ccc(NC(=O)c5ccc(CN(C(=O)c6ccc7c(c6)OCC(=O)N7)C6CC6)cc5)cc4)c3C2=O)C(=O)N1. The van der Waals surface area contributed by atoms with Crippen molar-refractivity contribution >= 4 is 64.3 Å². The van der Waals surface area contributed by atoms with Crippen LogP contribution in [0.15, 0.2) is 84.9 Å². The van der Waals surface area contributed by atoms with Gasteiger partial charge in [-0.3, -0.25) is 48.6 Å². The molecule has 1 saturated heterocycles. The van der Waals surface area contributed by atoms with Gasteiger partial charge >= 0.3 is 0 Å². The number of hydrogen-bond donors (Lipinski definition) is 5. The number of carbonyl (C=O) groups is 8. The Kier molecular flexibility index (Phi) is 10.1. The third-order valence-corrected chi connectivity index (χ3v) is 10.3. The Labute approximate surface area is 331 Å². The Hall–Kier alpha value is -7.36. The second-order valence-corrected chi connectivity index (χ2v) is 14.3. The van der Waals surface area contributed by atoms with Gasteiger partial charge in [0.25, 0.3) is 35.4 Å². The molecule has 0 aromatic heterocycles. The summed E-state index contributed by atoms with van der Waals surface area (Å²) >= 11 is 0. The van der Waals surface area contributed by atoms with Gasteiger partial charge in [-0.25, -0.2) is 0 Å². The van der Waals surface area contributed by atoms with Gasteiger partial charge in [0.1, 0.15) is 11.8 Å². The number of hydrogen-bond acceptors (Lipinski definition) is 10. The molecule has 0 bridgehead atoms. The van der Waals surface area contributed by atoms with Crippen LogP contribution >= 0.6 is 0 Å². The first kappa shape index (κ1) is 37.6. The van der Waals surface area contributed by atoms with Crippen molar-refractivity contribution in [3.05, 3.63) is 118 Å². The lowest BCUT2D eigenvalue weighted by Gasteiger charge is -2.27. The van der Waals surface area contributed by atoms with E-state index in [0.29, 0.717) is 46.0 Å². The fourth-order valence-corrected chi connectivity index (χ4v) is 7.13. The van der Waals surface area contributed by atoms with Crippen LogP contribution in [-0.4, -0.2) is 88.8 Å². The highest BCUT2D eigenvalue weighted by Crippen LogP contribution is 2.34. The molecule has 3 heterocycles. The van der Waals surface area contributed by atoms with Crippen molar-refractivity contribution in [1.29, 1.82) is 0 Å². The average Bonchev–Trinajstić information content (AvgIpc) is 4.04. The Morgan fingerprint density at radius 2 is 1.48 bits per heavy atom. The summed E-state index contributed by atoms with van der Waals surface area (Å²) in [5.41, 5.74) is 3.75. The lowest BCUT2D eigenvalue weighted by molar-refractivity contribution is -0.136. The zero-order chi connectivity index (χ0) is 40.5. The summed E-state index contributed by atoms with van der Waals surface area (Å²) in [4.78, 5) is 104. The highest BCUT2D eigenvalue weighted by atomic mass is 16.5. The monoisotopic (exact) mass is 783 g/mol. The molecule has 8 amide bonds. The van der Waals surface area contributed by atoms with Crippen molar-refractivity contribution in [2.24, 2.45) is 0 Å². The zero-order valence-electron chi connectivity index (χ0n) is 31.0. The fraction of sp³-hybridized carbons (Fsp3) is 0.238. The number of piperidine rings is 1. The van der Waals surface area contributed by atoms with Crippen molar-refractivity contribution < 1.29 is 43.1 Å². The Bertz CT molecular complexity index is 2390. The average molecular weight is 784 g/mol. The van der Waals surface area contributed by atoms with Gasteiger partial charge in [0.05, 0.1) is 16.8 Å². The number of benzene rings is 4. The summed E-state index contributed by atoms with van der Waals surface area (Å²) in [5.74, 6) is -3.03. The lowest BCUT2D eigenvalue weighted by atomic mass is 10.0. The second-order valence-electron chi connectivity index (χ2n) is 14.3. The molecule has 5 N–H and O–H groups in total. The Balaban J connectivity index is 0.813. The molecule has 4 aromatic rings. The van der Waals surface area contributed by atoms with Crippen molar-refractivity contribution in [3.8, 4) is 5.75 Å². The van der Waals surface area contributed by atoms with Gasteiger partial charge in [-0.05, 0) is 91.6 Å². The van der Waals surface area contributed by atoms with E-state index in [-0.39, 0.29) is 73.3 Å². The molecule has 1 aliphatic carbocycles. The minimum atomic E-state index is -1.07. The topological polar surface area (TPSA) is 212 Å². The van der Waals surface area contributed by atoms with Crippen LogP contribution in [0.4, 0.5) is 17.1 Å². The van der Waals surface area contributed by atoms with E-state index in [1.54, 1.807) is 66.7 Å². The number of nitrogens with zero attached hydrogens (tertiary/aromatic N) is 2. The van der Waals surface area contributed by atoms with E-state index in [4.69, 9.17) is 4.74 Å². The van der Waals surface area contributed by atoms with Gasteiger partial charge in [-0.2, -0.15) is 0 Å². The first-order chi connectivity index (χ1) is 28.0. The van der Waals surface area contributed by atoms with Crippen LogP contribution < -0.4 is 31.3 Å². The molecule has 16 nitrogen and oxygen atoms in total. The second kappa shape index (κ2) is 15.6. The van der Waals surface area contributed by atoms with Gasteiger partial charge in [0.2, 0.25) is 11.8 Å². The highest BCUT2D eigenvalue weighted by Gasteiger charge is 2.45. The van der Waals surface area contributed by atoms with Gasteiger partial charge in [0, 0.05) is 60.2 Å². The molecular formula is C42H37N7O9. The number of ether oxygens (including phenoxy) is 1. The van der Waals surface area contributed by atoms with E-state index < -0.39 is 29.7 Å². The maximum absolute atomic E-state index is 13.5. The third-order valence-electron chi connectivity index (χ3n) is 10.3. The summed E-state index contributed by atoms with van der Waals surface area (Å²) in [7, 11) is 0. The van der Waals surface area contributed by atoms with Gasteiger partial charge in [-0.15, -0.1) is 0 Å². The number of rotatable bonds is 12. The predicted octanol–water partition coefficient (Wildman–Crippen LogP) is 3.32. The van der Waals surface area contributed by atoms with Crippen molar-refractivity contribution in [2.45, 2.75) is 44.3 Å². The molecule has 1 atom stereocenters. The molecule has 4 aromatic carbocycles. The Morgan fingerprint density at radius 3 is 2.22 bits per heavy atom. The minimum absolute atomic E-state index is 0.0213. The molecular weight excluding hydrogens is 747 g/mol. The number of amides is 8. The van der Waals surface area contributed by atoms with Gasteiger partial charge in [0.15, 0.2) is 6.61 Å². The van der Waals surface area contributed by atoms with Crippen molar-refractivity contribution in [3.63, 3.8) is 0 Å². The third kappa shape index (κ3) is 7.71.